The molecular formula is C9H15Na2O5P. The number of aliphatic hydroxyl groups excluding tert-OH is 2. The molecule has 4 N–H and O–H groups in total. The van der Waals surface area contributed by atoms with Gasteiger partial charge >= 0.3 is 59.1 Å². The van der Waals surface area contributed by atoms with Gasteiger partial charge in [0.05, 0.1) is 24.2 Å². The summed E-state index contributed by atoms with van der Waals surface area (Å²) in [6.07, 6.45) is -1.73. The molecule has 0 spiro atoms. The van der Waals surface area contributed by atoms with Crippen LogP contribution in [0.3, 0.4) is 0 Å². The Balaban J connectivity index is -0.000000281. The second kappa shape index (κ2) is 9.10. The Kier molecular flexibility index (Phi) is 10.9. The molecule has 0 aliphatic heterocycles. The van der Waals surface area contributed by atoms with Gasteiger partial charge in [0.1, 0.15) is 5.75 Å². The largest absolute Gasteiger partial charge is 1.00 e. The van der Waals surface area contributed by atoms with Crippen molar-refractivity contribution < 1.29 is 86.7 Å². The average molecular weight is 280 g/mol. The number of rotatable bonds is 4. The molecule has 0 bridgehead atoms. The van der Waals surface area contributed by atoms with Crippen LogP contribution in [0.5, 0.6) is 5.75 Å². The van der Waals surface area contributed by atoms with Gasteiger partial charge in [0.2, 0.25) is 7.37 Å². The van der Waals surface area contributed by atoms with Gasteiger partial charge in [-0.05, 0) is 12.1 Å². The Morgan fingerprint density at radius 1 is 1.29 bits per heavy atom. The Bertz CT molecular complexity index is 397. The Hall–Kier alpha value is 1.13. The molecule has 88 valence electrons. The van der Waals surface area contributed by atoms with E-state index in [9.17, 15) is 14.6 Å². The third-order valence-corrected chi connectivity index (χ3v) is 3.97. The summed E-state index contributed by atoms with van der Waals surface area (Å²) in [5.41, 5.74) is 0. The summed E-state index contributed by atoms with van der Waals surface area (Å²) in [6.45, 7) is -0.585. The fourth-order valence-electron chi connectivity index (χ4n) is 1.20. The molecule has 0 aliphatic rings. The van der Waals surface area contributed by atoms with Crippen molar-refractivity contribution in [3.63, 3.8) is 0 Å². The van der Waals surface area contributed by atoms with Gasteiger partial charge in [-0.3, -0.25) is 4.57 Å². The molecule has 1 aromatic carbocycles. The molecule has 0 aliphatic carbocycles. The van der Waals surface area contributed by atoms with E-state index < -0.39 is 26.2 Å². The van der Waals surface area contributed by atoms with Gasteiger partial charge in [0.15, 0.2) is 0 Å². The normalized spacial score (nSPS) is 15.0. The molecule has 0 fully saturated rings. The summed E-state index contributed by atoms with van der Waals surface area (Å²) in [7, 11) is -3.82. The zero-order valence-electron chi connectivity index (χ0n) is 11.9. The Morgan fingerprint density at radius 2 is 1.82 bits per heavy atom. The van der Waals surface area contributed by atoms with Crippen molar-refractivity contribution in [3.05, 3.63) is 24.3 Å². The predicted molar refractivity (Wildman–Crippen MR) is 57.7 cm³/mol. The van der Waals surface area contributed by atoms with E-state index in [4.69, 9.17) is 10.2 Å². The van der Waals surface area contributed by atoms with Crippen molar-refractivity contribution in [1.29, 1.82) is 0 Å². The first-order chi connectivity index (χ1) is 6.97. The van der Waals surface area contributed by atoms with E-state index >= 15 is 0 Å². The standard InChI is InChI=1S/C9H13O5P.2Na.2H/c10-5-7(11)6-15(13,14)9-4-2-1-3-8(9)12;;;;/h1-4,7,10-12H,5-6H2,(H,13,14);;;;/q;2*+1;2*-1. The minimum atomic E-state index is -3.82. The van der Waals surface area contributed by atoms with E-state index in [1.165, 1.54) is 24.3 Å². The van der Waals surface area contributed by atoms with Crippen LogP contribution in [-0.4, -0.2) is 39.1 Å². The van der Waals surface area contributed by atoms with Crippen molar-refractivity contribution >= 4 is 12.7 Å². The van der Waals surface area contributed by atoms with Gasteiger partial charge < -0.3 is 23.1 Å². The number of para-hydroxylation sites is 1. The molecule has 2 atom stereocenters. The van der Waals surface area contributed by atoms with Crippen molar-refractivity contribution in [2.24, 2.45) is 0 Å². The van der Waals surface area contributed by atoms with Crippen molar-refractivity contribution in [3.8, 4) is 5.75 Å². The van der Waals surface area contributed by atoms with E-state index in [1.807, 2.05) is 0 Å². The molecule has 17 heavy (non-hydrogen) atoms. The molecule has 0 aromatic heterocycles. The maximum absolute atomic E-state index is 11.7. The number of benzene rings is 1. The van der Waals surface area contributed by atoms with E-state index in [1.54, 1.807) is 0 Å². The number of hydrogen-bond acceptors (Lipinski definition) is 4. The van der Waals surface area contributed by atoms with Crippen LogP contribution in [0, 0.1) is 0 Å². The van der Waals surface area contributed by atoms with Crippen LogP contribution in [0.4, 0.5) is 0 Å². The van der Waals surface area contributed by atoms with Crippen LogP contribution in [-0.2, 0) is 4.57 Å². The fourth-order valence-corrected chi connectivity index (χ4v) is 2.84. The summed E-state index contributed by atoms with van der Waals surface area (Å²) in [6, 6.07) is 5.66. The molecule has 5 nitrogen and oxygen atoms in total. The fraction of sp³-hybridized carbons (Fsp3) is 0.333. The minimum absolute atomic E-state index is 0. The number of aliphatic hydroxyl groups is 2. The molecule has 0 saturated carbocycles. The molecule has 0 heterocycles. The van der Waals surface area contributed by atoms with Gasteiger partial charge in [0, 0.05) is 0 Å². The molecule has 0 amide bonds. The first-order valence-electron chi connectivity index (χ1n) is 4.36. The topological polar surface area (TPSA) is 98.0 Å². The molecule has 1 aromatic rings. The van der Waals surface area contributed by atoms with Gasteiger partial charge in [-0.15, -0.1) is 0 Å². The maximum atomic E-state index is 11.7. The zero-order chi connectivity index (χ0) is 11.5. The molecule has 0 radical (unpaired) electrons. The smallest absolute Gasteiger partial charge is 1.00 e. The number of hydrogen-bond donors (Lipinski definition) is 4. The second-order valence-electron chi connectivity index (χ2n) is 3.21. The van der Waals surface area contributed by atoms with Crippen LogP contribution in [0.1, 0.15) is 2.85 Å². The van der Waals surface area contributed by atoms with Crippen LogP contribution in [0.25, 0.3) is 0 Å². The van der Waals surface area contributed by atoms with Crippen LogP contribution < -0.4 is 64.4 Å². The van der Waals surface area contributed by atoms with E-state index in [-0.39, 0.29) is 73.0 Å². The Morgan fingerprint density at radius 3 is 2.29 bits per heavy atom. The summed E-state index contributed by atoms with van der Waals surface area (Å²) in [4.78, 5) is 9.59. The quantitative estimate of drug-likeness (QED) is 0.325. The van der Waals surface area contributed by atoms with Gasteiger partial charge in [-0.2, -0.15) is 0 Å². The third kappa shape index (κ3) is 6.21. The van der Waals surface area contributed by atoms with E-state index in [2.05, 4.69) is 0 Å². The van der Waals surface area contributed by atoms with Crippen LogP contribution in [0.2, 0.25) is 0 Å². The number of phenolic OH excluding ortho intramolecular Hbond substituents is 1. The Labute approximate surface area is 147 Å². The molecule has 2 unspecified atom stereocenters. The van der Waals surface area contributed by atoms with Crippen molar-refractivity contribution in [2.75, 3.05) is 12.8 Å². The molecule has 8 heteroatoms. The van der Waals surface area contributed by atoms with Crippen LogP contribution >= 0.6 is 7.37 Å². The first-order valence-corrected chi connectivity index (χ1v) is 6.21. The molecule has 1 rings (SSSR count). The summed E-state index contributed by atoms with van der Waals surface area (Å²) in [5, 5.41) is 26.9. The van der Waals surface area contributed by atoms with Gasteiger partial charge in [0.25, 0.3) is 0 Å². The third-order valence-electron chi connectivity index (χ3n) is 1.93. The summed E-state index contributed by atoms with van der Waals surface area (Å²) >= 11 is 0. The predicted octanol–water partition coefficient (Wildman–Crippen LogP) is -6.13. The first kappa shape index (κ1) is 20.4. The number of phenols is 1. The molecule has 0 saturated heterocycles. The SMILES string of the molecule is O=P(O)(CC(O)CO)c1ccccc1O.[H-].[H-].[Na+].[Na+]. The van der Waals surface area contributed by atoms with Gasteiger partial charge in [-0.1, -0.05) is 12.1 Å². The second-order valence-corrected chi connectivity index (χ2v) is 5.46. The van der Waals surface area contributed by atoms with Crippen molar-refractivity contribution in [2.45, 2.75) is 6.10 Å². The summed E-state index contributed by atoms with van der Waals surface area (Å²) in [5.74, 6) is -0.284. The van der Waals surface area contributed by atoms with Crippen LogP contribution in [0.15, 0.2) is 24.3 Å². The average Bonchev–Trinajstić information content (AvgIpc) is 2.17. The monoisotopic (exact) mass is 280 g/mol. The van der Waals surface area contributed by atoms with E-state index in [0.717, 1.165) is 0 Å². The summed E-state index contributed by atoms with van der Waals surface area (Å²) < 4.78 is 11.7. The maximum Gasteiger partial charge on any atom is 1.00 e. The van der Waals surface area contributed by atoms with Gasteiger partial charge in [-0.25, -0.2) is 0 Å². The van der Waals surface area contributed by atoms with Crippen molar-refractivity contribution in [1.82, 2.24) is 0 Å². The molecular weight excluding hydrogens is 265 g/mol. The minimum Gasteiger partial charge on any atom is -1.00 e. The number of aromatic hydroxyl groups is 1. The zero-order valence-corrected chi connectivity index (χ0v) is 14.8. The van der Waals surface area contributed by atoms with E-state index in [0.29, 0.717) is 0 Å².